The van der Waals surface area contributed by atoms with Crippen molar-refractivity contribution in [3.8, 4) is 15.6 Å². The normalized spacial score (nSPS) is 11.6. The summed E-state index contributed by atoms with van der Waals surface area (Å²) in [6.45, 7) is 4.02. The molecular formula is C20H20N2O4S2. The van der Waals surface area contributed by atoms with Gasteiger partial charge < -0.3 is 14.8 Å². The maximum Gasteiger partial charge on any atom is 0.312 e. The predicted molar refractivity (Wildman–Crippen MR) is 111 cm³/mol. The number of esters is 1. The molecule has 0 bridgehead atoms. The second kappa shape index (κ2) is 9.48. The molecule has 0 fully saturated rings. The first kappa shape index (κ1) is 20.0. The first-order chi connectivity index (χ1) is 13.5. The Balaban J connectivity index is 1.50. The first-order valence-corrected chi connectivity index (χ1v) is 10.5. The maximum atomic E-state index is 12.2. The Morgan fingerprint density at radius 1 is 1.18 bits per heavy atom. The average Bonchev–Trinajstić information content (AvgIpc) is 3.35. The number of ether oxygens (including phenoxy) is 2. The zero-order valence-electron chi connectivity index (χ0n) is 15.5. The highest BCUT2D eigenvalue weighted by Gasteiger charge is 2.19. The molecule has 1 amide bonds. The van der Waals surface area contributed by atoms with Gasteiger partial charge in [-0.05, 0) is 49.6 Å². The Morgan fingerprint density at radius 2 is 1.96 bits per heavy atom. The number of thiophene rings is 1. The van der Waals surface area contributed by atoms with E-state index in [-0.39, 0.29) is 6.42 Å². The van der Waals surface area contributed by atoms with Crippen LogP contribution in [0.25, 0.3) is 9.88 Å². The Bertz CT molecular complexity index is 920. The van der Waals surface area contributed by atoms with E-state index < -0.39 is 18.0 Å². The van der Waals surface area contributed by atoms with E-state index in [0.29, 0.717) is 18.0 Å². The summed E-state index contributed by atoms with van der Waals surface area (Å²) < 4.78 is 10.6. The topological polar surface area (TPSA) is 77.5 Å². The molecular weight excluding hydrogens is 396 g/mol. The van der Waals surface area contributed by atoms with E-state index in [0.717, 1.165) is 15.6 Å². The summed E-state index contributed by atoms with van der Waals surface area (Å²) in [4.78, 5) is 29.9. The van der Waals surface area contributed by atoms with Crippen LogP contribution in [0.1, 0.15) is 19.5 Å². The largest absolute Gasteiger partial charge is 0.494 e. The van der Waals surface area contributed by atoms with Gasteiger partial charge in [0.1, 0.15) is 10.8 Å². The molecule has 1 aromatic carbocycles. The molecule has 0 saturated carbocycles. The van der Waals surface area contributed by atoms with Crippen molar-refractivity contribution in [3.05, 3.63) is 52.9 Å². The van der Waals surface area contributed by atoms with Crippen LogP contribution >= 0.6 is 22.7 Å². The summed E-state index contributed by atoms with van der Waals surface area (Å²) in [5.41, 5.74) is 1.24. The van der Waals surface area contributed by atoms with E-state index >= 15 is 0 Å². The van der Waals surface area contributed by atoms with Gasteiger partial charge in [0, 0.05) is 11.1 Å². The van der Waals surface area contributed by atoms with Crippen LogP contribution in [0.2, 0.25) is 0 Å². The number of hydrogen-bond donors (Lipinski definition) is 1. The molecule has 1 N–H and O–H groups in total. The minimum absolute atomic E-state index is 0.0303. The Hall–Kier alpha value is -2.71. The Labute approximate surface area is 171 Å². The van der Waals surface area contributed by atoms with Crippen molar-refractivity contribution in [2.45, 2.75) is 26.4 Å². The molecule has 6 nitrogen and oxygen atoms in total. The third-order valence-electron chi connectivity index (χ3n) is 3.72. The number of rotatable bonds is 8. The summed E-state index contributed by atoms with van der Waals surface area (Å²) in [5.74, 6) is -0.155. The third kappa shape index (κ3) is 5.40. The van der Waals surface area contributed by atoms with Crippen LogP contribution in [0.15, 0.2) is 47.2 Å². The molecule has 1 atom stereocenters. The minimum Gasteiger partial charge on any atom is -0.494 e. The fraction of sp³-hybridized carbons (Fsp3) is 0.250. The number of carbonyl (C=O) groups is 2. The molecule has 3 rings (SSSR count). The van der Waals surface area contributed by atoms with Crippen molar-refractivity contribution in [2.24, 2.45) is 0 Å². The summed E-state index contributed by atoms with van der Waals surface area (Å²) in [6.07, 6.45) is -0.878. The quantitative estimate of drug-likeness (QED) is 0.551. The van der Waals surface area contributed by atoms with Gasteiger partial charge in [0.05, 0.1) is 23.6 Å². The van der Waals surface area contributed by atoms with E-state index in [1.807, 2.05) is 29.8 Å². The van der Waals surface area contributed by atoms with E-state index in [1.165, 1.54) is 11.3 Å². The smallest absolute Gasteiger partial charge is 0.312 e. The highest BCUT2D eigenvalue weighted by atomic mass is 32.1. The van der Waals surface area contributed by atoms with Gasteiger partial charge in [0.25, 0.3) is 5.91 Å². The van der Waals surface area contributed by atoms with Gasteiger partial charge >= 0.3 is 5.97 Å². The zero-order chi connectivity index (χ0) is 19.9. The van der Waals surface area contributed by atoms with Crippen molar-refractivity contribution in [3.63, 3.8) is 0 Å². The Kier molecular flexibility index (Phi) is 6.78. The minimum atomic E-state index is -0.908. The molecule has 0 spiro atoms. The fourth-order valence-electron chi connectivity index (χ4n) is 2.39. The van der Waals surface area contributed by atoms with Crippen molar-refractivity contribution in [1.82, 2.24) is 4.98 Å². The standard InChI is InChI=1S/C20H20N2O4S2/c1-3-25-16-8-6-14(7-9-16)21-19(24)13(2)26-18(23)11-15-12-28-20(22-15)17-5-4-10-27-17/h4-10,12-13H,3,11H2,1-2H3,(H,21,24)/t13-/m1/s1. The van der Waals surface area contributed by atoms with Gasteiger partial charge in [-0.2, -0.15) is 0 Å². The van der Waals surface area contributed by atoms with Gasteiger partial charge in [-0.15, -0.1) is 22.7 Å². The van der Waals surface area contributed by atoms with Crippen LogP contribution < -0.4 is 10.1 Å². The lowest BCUT2D eigenvalue weighted by atomic mass is 10.2. The molecule has 0 aliphatic rings. The molecule has 2 heterocycles. The number of carbonyl (C=O) groups excluding carboxylic acids is 2. The molecule has 0 unspecified atom stereocenters. The van der Waals surface area contributed by atoms with Crippen molar-refractivity contribution >= 4 is 40.2 Å². The maximum absolute atomic E-state index is 12.2. The summed E-state index contributed by atoms with van der Waals surface area (Å²) in [7, 11) is 0. The molecule has 0 radical (unpaired) electrons. The molecule has 3 aromatic rings. The van der Waals surface area contributed by atoms with E-state index in [4.69, 9.17) is 9.47 Å². The SMILES string of the molecule is CCOc1ccc(NC(=O)[C@@H](C)OC(=O)Cc2csc(-c3cccs3)n2)cc1. The van der Waals surface area contributed by atoms with Crippen LogP contribution in [-0.4, -0.2) is 29.6 Å². The lowest BCUT2D eigenvalue weighted by Crippen LogP contribution is -2.30. The van der Waals surface area contributed by atoms with Crippen LogP contribution in [0, 0.1) is 0 Å². The molecule has 8 heteroatoms. The molecule has 2 aromatic heterocycles. The van der Waals surface area contributed by atoms with Crippen LogP contribution in [0.4, 0.5) is 5.69 Å². The van der Waals surface area contributed by atoms with E-state index in [1.54, 1.807) is 42.5 Å². The number of aromatic nitrogens is 1. The molecule has 28 heavy (non-hydrogen) atoms. The second-order valence-electron chi connectivity index (χ2n) is 5.88. The van der Waals surface area contributed by atoms with Crippen LogP contribution in [0.5, 0.6) is 5.75 Å². The summed E-state index contributed by atoms with van der Waals surface area (Å²) in [5, 5.41) is 7.41. The second-order valence-corrected chi connectivity index (χ2v) is 7.68. The number of benzene rings is 1. The molecule has 0 aliphatic heterocycles. The van der Waals surface area contributed by atoms with Gasteiger partial charge in [-0.3, -0.25) is 9.59 Å². The average molecular weight is 417 g/mol. The van der Waals surface area contributed by atoms with Crippen LogP contribution in [0.3, 0.4) is 0 Å². The Morgan fingerprint density at radius 3 is 2.64 bits per heavy atom. The van der Waals surface area contributed by atoms with Crippen molar-refractivity contribution < 1.29 is 19.1 Å². The van der Waals surface area contributed by atoms with Crippen LogP contribution in [-0.2, 0) is 20.7 Å². The van der Waals surface area contributed by atoms with E-state index in [9.17, 15) is 9.59 Å². The number of nitrogens with zero attached hydrogens (tertiary/aromatic N) is 1. The third-order valence-corrected chi connectivity index (χ3v) is 5.65. The highest BCUT2D eigenvalue weighted by molar-refractivity contribution is 7.20. The van der Waals surface area contributed by atoms with Gasteiger partial charge in [0.15, 0.2) is 6.10 Å². The monoisotopic (exact) mass is 416 g/mol. The fourth-order valence-corrected chi connectivity index (χ4v) is 4.02. The number of nitrogens with one attached hydrogen (secondary N) is 1. The van der Waals surface area contributed by atoms with Crippen molar-refractivity contribution in [1.29, 1.82) is 0 Å². The lowest BCUT2D eigenvalue weighted by Gasteiger charge is -2.13. The first-order valence-electron chi connectivity index (χ1n) is 8.76. The predicted octanol–water partition coefficient (Wildman–Crippen LogP) is 4.38. The number of amides is 1. The molecule has 0 aliphatic carbocycles. The lowest BCUT2D eigenvalue weighted by molar-refractivity contribution is -0.152. The molecule has 146 valence electrons. The molecule has 0 saturated heterocycles. The highest BCUT2D eigenvalue weighted by Crippen LogP contribution is 2.28. The summed E-state index contributed by atoms with van der Waals surface area (Å²) in [6, 6.07) is 10.9. The number of anilines is 1. The van der Waals surface area contributed by atoms with Gasteiger partial charge in [-0.25, -0.2) is 4.98 Å². The zero-order valence-corrected chi connectivity index (χ0v) is 17.1. The van der Waals surface area contributed by atoms with E-state index in [2.05, 4.69) is 10.3 Å². The van der Waals surface area contributed by atoms with Gasteiger partial charge in [0.2, 0.25) is 0 Å². The van der Waals surface area contributed by atoms with Crippen molar-refractivity contribution in [2.75, 3.05) is 11.9 Å². The summed E-state index contributed by atoms with van der Waals surface area (Å²) >= 11 is 3.08. The van der Waals surface area contributed by atoms with Gasteiger partial charge in [-0.1, -0.05) is 6.07 Å². The number of thiazole rings is 1. The number of hydrogen-bond acceptors (Lipinski definition) is 7.